The van der Waals surface area contributed by atoms with Crippen molar-refractivity contribution in [3.63, 3.8) is 0 Å². The summed E-state index contributed by atoms with van der Waals surface area (Å²) in [6.45, 7) is 9.13. The smallest absolute Gasteiger partial charge is 0.123 e. The van der Waals surface area contributed by atoms with E-state index >= 15 is 0 Å². The Hall–Kier alpha value is -0.890. The molecule has 1 N–H and O–H groups in total. The SMILES string of the molecule is CC1CCC(C(C)C)C(NC(C)c2cccc(F)c2)C1. The van der Waals surface area contributed by atoms with E-state index < -0.39 is 0 Å². The molecule has 0 aromatic heterocycles. The first kappa shape index (κ1) is 15.5. The molecule has 0 bridgehead atoms. The molecule has 1 saturated carbocycles. The van der Waals surface area contributed by atoms with Crippen LogP contribution in [0.5, 0.6) is 0 Å². The lowest BCUT2D eigenvalue weighted by molar-refractivity contribution is 0.161. The van der Waals surface area contributed by atoms with E-state index in [1.165, 1.54) is 25.3 Å². The molecule has 20 heavy (non-hydrogen) atoms. The number of hydrogen-bond acceptors (Lipinski definition) is 1. The quantitative estimate of drug-likeness (QED) is 0.822. The monoisotopic (exact) mass is 277 g/mol. The Morgan fingerprint density at radius 3 is 2.60 bits per heavy atom. The summed E-state index contributed by atoms with van der Waals surface area (Å²) in [6, 6.07) is 7.73. The van der Waals surface area contributed by atoms with Gasteiger partial charge in [-0.1, -0.05) is 39.3 Å². The third-order valence-corrected chi connectivity index (χ3v) is 4.83. The largest absolute Gasteiger partial charge is 0.307 e. The first-order chi connectivity index (χ1) is 9.47. The topological polar surface area (TPSA) is 12.0 Å². The van der Waals surface area contributed by atoms with Gasteiger partial charge in [0.1, 0.15) is 5.82 Å². The molecule has 0 spiro atoms. The second-order valence-corrected chi connectivity index (χ2v) is 6.88. The Bertz CT molecular complexity index is 429. The van der Waals surface area contributed by atoms with Gasteiger partial charge in [0.25, 0.3) is 0 Å². The third kappa shape index (κ3) is 3.82. The number of benzene rings is 1. The zero-order valence-corrected chi connectivity index (χ0v) is 13.2. The van der Waals surface area contributed by atoms with E-state index in [4.69, 9.17) is 0 Å². The van der Waals surface area contributed by atoms with Crippen LogP contribution in [0.2, 0.25) is 0 Å². The first-order valence-corrected chi connectivity index (χ1v) is 7.99. The fourth-order valence-corrected chi connectivity index (χ4v) is 3.59. The number of hydrogen-bond donors (Lipinski definition) is 1. The molecule has 0 heterocycles. The Balaban J connectivity index is 2.05. The molecule has 1 aliphatic rings. The van der Waals surface area contributed by atoms with Crippen LogP contribution in [0.4, 0.5) is 4.39 Å². The summed E-state index contributed by atoms with van der Waals surface area (Å²) in [5, 5.41) is 3.76. The molecule has 0 saturated heterocycles. The molecule has 1 aromatic rings. The van der Waals surface area contributed by atoms with E-state index in [9.17, 15) is 4.39 Å². The fourth-order valence-electron chi connectivity index (χ4n) is 3.59. The minimum Gasteiger partial charge on any atom is -0.307 e. The predicted molar refractivity (Wildman–Crippen MR) is 83.1 cm³/mol. The van der Waals surface area contributed by atoms with Crippen molar-refractivity contribution in [3.05, 3.63) is 35.6 Å². The molecule has 1 nitrogen and oxygen atoms in total. The Morgan fingerprint density at radius 1 is 1.20 bits per heavy atom. The van der Waals surface area contributed by atoms with Crippen molar-refractivity contribution in [2.45, 2.75) is 59.0 Å². The highest BCUT2D eigenvalue weighted by molar-refractivity contribution is 5.19. The van der Waals surface area contributed by atoms with Gasteiger partial charge in [0.15, 0.2) is 0 Å². The van der Waals surface area contributed by atoms with Gasteiger partial charge in [0.05, 0.1) is 0 Å². The standard InChI is InChI=1S/C18H28FN/c1-12(2)17-9-8-13(3)10-18(17)20-14(4)15-6-5-7-16(19)11-15/h5-7,11-14,17-18,20H,8-10H2,1-4H3. The van der Waals surface area contributed by atoms with Gasteiger partial charge in [-0.25, -0.2) is 4.39 Å². The van der Waals surface area contributed by atoms with Gasteiger partial charge in [0.2, 0.25) is 0 Å². The van der Waals surface area contributed by atoms with Crippen LogP contribution < -0.4 is 5.32 Å². The molecule has 1 aromatic carbocycles. The maximum absolute atomic E-state index is 13.3. The van der Waals surface area contributed by atoms with Crippen molar-refractivity contribution in [2.24, 2.45) is 17.8 Å². The van der Waals surface area contributed by atoms with Crippen LogP contribution in [-0.2, 0) is 0 Å². The third-order valence-electron chi connectivity index (χ3n) is 4.83. The van der Waals surface area contributed by atoms with Crippen molar-refractivity contribution in [2.75, 3.05) is 0 Å². The van der Waals surface area contributed by atoms with Crippen molar-refractivity contribution < 1.29 is 4.39 Å². The summed E-state index contributed by atoms with van der Waals surface area (Å²) in [7, 11) is 0. The molecule has 0 aliphatic heterocycles. The van der Waals surface area contributed by atoms with Crippen LogP contribution in [0.1, 0.15) is 58.6 Å². The lowest BCUT2D eigenvalue weighted by Gasteiger charge is -2.39. The Kier molecular flexibility index (Phi) is 5.20. The second kappa shape index (κ2) is 6.71. The average molecular weight is 277 g/mol. The van der Waals surface area contributed by atoms with Gasteiger partial charge in [-0.3, -0.25) is 0 Å². The highest BCUT2D eigenvalue weighted by atomic mass is 19.1. The van der Waals surface area contributed by atoms with Crippen molar-refractivity contribution in [3.8, 4) is 0 Å². The molecule has 1 fully saturated rings. The molecule has 4 atom stereocenters. The zero-order valence-electron chi connectivity index (χ0n) is 13.2. The van der Waals surface area contributed by atoms with Crippen LogP contribution in [0.3, 0.4) is 0 Å². The van der Waals surface area contributed by atoms with Gasteiger partial charge < -0.3 is 5.32 Å². The zero-order chi connectivity index (χ0) is 14.7. The van der Waals surface area contributed by atoms with Crippen LogP contribution >= 0.6 is 0 Å². The number of rotatable bonds is 4. The summed E-state index contributed by atoms with van der Waals surface area (Å²) >= 11 is 0. The van der Waals surface area contributed by atoms with E-state index in [1.807, 2.05) is 6.07 Å². The Morgan fingerprint density at radius 2 is 1.95 bits per heavy atom. The molecule has 112 valence electrons. The van der Waals surface area contributed by atoms with E-state index in [0.717, 1.165) is 17.4 Å². The summed E-state index contributed by atoms with van der Waals surface area (Å²) in [4.78, 5) is 0. The number of halogens is 1. The van der Waals surface area contributed by atoms with E-state index in [-0.39, 0.29) is 11.9 Å². The van der Waals surface area contributed by atoms with Gasteiger partial charge in [-0.15, -0.1) is 0 Å². The van der Waals surface area contributed by atoms with Crippen LogP contribution in [0.15, 0.2) is 24.3 Å². The minimum atomic E-state index is -0.145. The molecule has 2 rings (SSSR count). The average Bonchev–Trinajstić information content (AvgIpc) is 2.38. The van der Waals surface area contributed by atoms with Gasteiger partial charge in [0, 0.05) is 12.1 Å². The predicted octanol–water partition coefficient (Wildman–Crippen LogP) is 4.94. The molecule has 2 heteroatoms. The van der Waals surface area contributed by atoms with Crippen LogP contribution in [0.25, 0.3) is 0 Å². The molecule has 4 unspecified atom stereocenters. The summed E-state index contributed by atoms with van der Waals surface area (Å²) in [5.74, 6) is 2.10. The van der Waals surface area contributed by atoms with Gasteiger partial charge in [-0.2, -0.15) is 0 Å². The van der Waals surface area contributed by atoms with Crippen molar-refractivity contribution >= 4 is 0 Å². The van der Waals surface area contributed by atoms with Crippen LogP contribution in [-0.4, -0.2) is 6.04 Å². The fraction of sp³-hybridized carbons (Fsp3) is 0.667. The summed E-state index contributed by atoms with van der Waals surface area (Å²) in [6.07, 6.45) is 3.89. The molecule has 1 aliphatic carbocycles. The van der Waals surface area contributed by atoms with Gasteiger partial charge >= 0.3 is 0 Å². The highest BCUT2D eigenvalue weighted by Crippen LogP contribution is 2.34. The van der Waals surface area contributed by atoms with Crippen LogP contribution in [0, 0.1) is 23.6 Å². The summed E-state index contributed by atoms with van der Waals surface area (Å²) < 4.78 is 13.3. The molecule has 0 amide bonds. The first-order valence-electron chi connectivity index (χ1n) is 7.99. The summed E-state index contributed by atoms with van der Waals surface area (Å²) in [5.41, 5.74) is 1.05. The minimum absolute atomic E-state index is 0.145. The van der Waals surface area contributed by atoms with E-state index in [0.29, 0.717) is 12.0 Å². The van der Waals surface area contributed by atoms with Crippen molar-refractivity contribution in [1.29, 1.82) is 0 Å². The molecular formula is C18H28FN. The van der Waals surface area contributed by atoms with E-state index in [1.54, 1.807) is 12.1 Å². The molecular weight excluding hydrogens is 249 g/mol. The maximum atomic E-state index is 13.3. The second-order valence-electron chi connectivity index (χ2n) is 6.88. The van der Waals surface area contributed by atoms with Gasteiger partial charge in [-0.05, 0) is 55.2 Å². The molecule has 0 radical (unpaired) electrons. The normalized spacial score (nSPS) is 28.6. The maximum Gasteiger partial charge on any atom is 0.123 e. The number of nitrogens with one attached hydrogen (secondary N) is 1. The van der Waals surface area contributed by atoms with Crippen molar-refractivity contribution in [1.82, 2.24) is 5.32 Å². The van der Waals surface area contributed by atoms with E-state index in [2.05, 4.69) is 33.0 Å². The highest BCUT2D eigenvalue weighted by Gasteiger charge is 2.31. The Labute approximate surface area is 123 Å². The lowest BCUT2D eigenvalue weighted by Crippen LogP contribution is -2.43. The lowest BCUT2D eigenvalue weighted by atomic mass is 9.73.